The Kier molecular flexibility index (Phi) is 2.31. The van der Waals surface area contributed by atoms with E-state index >= 15 is 0 Å². The molecule has 0 amide bonds. The SMILES string of the molecule is C[C@@H]1CCC[C@@]1(O)c1cccc(F)c1. The molecule has 1 aliphatic carbocycles. The van der Waals surface area contributed by atoms with Gasteiger partial charge in [-0.1, -0.05) is 19.1 Å². The smallest absolute Gasteiger partial charge is 0.123 e. The van der Waals surface area contributed by atoms with Crippen molar-refractivity contribution in [3.8, 4) is 0 Å². The molecule has 0 bridgehead atoms. The molecule has 1 nitrogen and oxygen atoms in total. The van der Waals surface area contributed by atoms with E-state index in [-0.39, 0.29) is 11.7 Å². The van der Waals surface area contributed by atoms with Gasteiger partial charge >= 0.3 is 0 Å². The summed E-state index contributed by atoms with van der Waals surface area (Å²) in [6.45, 7) is 2.03. The molecule has 76 valence electrons. The van der Waals surface area contributed by atoms with Gasteiger partial charge in [-0.05, 0) is 42.9 Å². The minimum Gasteiger partial charge on any atom is -0.385 e. The number of hydrogen-bond acceptors (Lipinski definition) is 1. The number of halogens is 1. The topological polar surface area (TPSA) is 20.2 Å². The van der Waals surface area contributed by atoms with Crippen LogP contribution in [0.3, 0.4) is 0 Å². The molecule has 0 saturated heterocycles. The van der Waals surface area contributed by atoms with Crippen LogP contribution in [0.25, 0.3) is 0 Å². The molecule has 1 aromatic rings. The van der Waals surface area contributed by atoms with Crippen LogP contribution in [-0.4, -0.2) is 5.11 Å². The van der Waals surface area contributed by atoms with E-state index in [1.165, 1.54) is 12.1 Å². The maximum absolute atomic E-state index is 13.0. The van der Waals surface area contributed by atoms with Gasteiger partial charge in [0.2, 0.25) is 0 Å². The van der Waals surface area contributed by atoms with Gasteiger partial charge in [0.15, 0.2) is 0 Å². The quantitative estimate of drug-likeness (QED) is 0.728. The number of aliphatic hydroxyl groups is 1. The van der Waals surface area contributed by atoms with E-state index in [1.54, 1.807) is 6.07 Å². The fraction of sp³-hybridized carbons (Fsp3) is 0.500. The van der Waals surface area contributed by atoms with Gasteiger partial charge in [-0.25, -0.2) is 4.39 Å². The molecule has 0 unspecified atom stereocenters. The Hall–Kier alpha value is -0.890. The van der Waals surface area contributed by atoms with Crippen LogP contribution in [0.4, 0.5) is 4.39 Å². The van der Waals surface area contributed by atoms with E-state index in [4.69, 9.17) is 0 Å². The molecule has 2 rings (SSSR count). The van der Waals surface area contributed by atoms with E-state index in [1.807, 2.05) is 13.0 Å². The fourth-order valence-corrected chi connectivity index (χ4v) is 2.35. The Bertz CT molecular complexity index is 337. The number of hydrogen-bond donors (Lipinski definition) is 1. The van der Waals surface area contributed by atoms with Crippen molar-refractivity contribution >= 4 is 0 Å². The van der Waals surface area contributed by atoms with Gasteiger partial charge in [-0.3, -0.25) is 0 Å². The van der Waals surface area contributed by atoms with Crippen LogP contribution in [0, 0.1) is 11.7 Å². The zero-order valence-corrected chi connectivity index (χ0v) is 8.33. The Labute approximate surface area is 83.6 Å². The van der Waals surface area contributed by atoms with E-state index in [9.17, 15) is 9.50 Å². The third-order valence-corrected chi connectivity index (χ3v) is 3.33. The Morgan fingerprint density at radius 2 is 2.29 bits per heavy atom. The first kappa shape index (κ1) is 9.66. The normalized spacial score (nSPS) is 32.1. The van der Waals surface area contributed by atoms with Gasteiger partial charge in [-0.2, -0.15) is 0 Å². The van der Waals surface area contributed by atoms with Gasteiger partial charge in [0, 0.05) is 0 Å². The summed E-state index contributed by atoms with van der Waals surface area (Å²) in [7, 11) is 0. The second-order valence-electron chi connectivity index (χ2n) is 4.23. The second kappa shape index (κ2) is 3.35. The van der Waals surface area contributed by atoms with Gasteiger partial charge in [0.25, 0.3) is 0 Å². The standard InChI is InChI=1S/C12H15FO/c1-9-4-3-7-12(9,14)10-5-2-6-11(13)8-10/h2,5-6,8-9,14H,3-4,7H2,1H3/t9-,12+/m1/s1. The first-order valence-electron chi connectivity index (χ1n) is 5.11. The largest absolute Gasteiger partial charge is 0.385 e. The fourth-order valence-electron chi connectivity index (χ4n) is 2.35. The van der Waals surface area contributed by atoms with Crippen LogP contribution < -0.4 is 0 Å². The van der Waals surface area contributed by atoms with Crippen molar-refractivity contribution < 1.29 is 9.50 Å². The lowest BCUT2D eigenvalue weighted by Crippen LogP contribution is -2.28. The van der Waals surface area contributed by atoms with Crippen LogP contribution in [-0.2, 0) is 5.60 Å². The zero-order valence-electron chi connectivity index (χ0n) is 8.33. The van der Waals surface area contributed by atoms with Gasteiger partial charge in [0.1, 0.15) is 5.82 Å². The number of rotatable bonds is 1. The predicted molar refractivity (Wildman–Crippen MR) is 53.3 cm³/mol. The average molecular weight is 194 g/mol. The van der Waals surface area contributed by atoms with Crippen LogP contribution >= 0.6 is 0 Å². The minimum absolute atomic E-state index is 0.226. The summed E-state index contributed by atoms with van der Waals surface area (Å²) in [6, 6.07) is 6.33. The molecule has 0 heterocycles. The molecule has 0 radical (unpaired) electrons. The molecule has 2 heteroatoms. The molecular formula is C12H15FO. The highest BCUT2D eigenvalue weighted by molar-refractivity contribution is 5.25. The summed E-state index contributed by atoms with van der Waals surface area (Å²) in [5.74, 6) is -0.0423. The van der Waals surface area contributed by atoms with E-state index in [0.717, 1.165) is 24.8 Å². The van der Waals surface area contributed by atoms with Crippen LogP contribution in [0.5, 0.6) is 0 Å². The van der Waals surface area contributed by atoms with Crippen molar-refractivity contribution in [2.75, 3.05) is 0 Å². The third kappa shape index (κ3) is 1.44. The van der Waals surface area contributed by atoms with Gasteiger partial charge in [0.05, 0.1) is 5.60 Å². The summed E-state index contributed by atoms with van der Waals surface area (Å²) in [4.78, 5) is 0. The maximum atomic E-state index is 13.0. The van der Waals surface area contributed by atoms with Crippen LogP contribution in [0.1, 0.15) is 31.7 Å². The summed E-state index contributed by atoms with van der Waals surface area (Å²) in [5.41, 5.74) is -0.0789. The van der Waals surface area contributed by atoms with Crippen molar-refractivity contribution in [3.63, 3.8) is 0 Å². The van der Waals surface area contributed by atoms with Gasteiger partial charge in [-0.15, -0.1) is 0 Å². The summed E-state index contributed by atoms with van der Waals surface area (Å²) in [5, 5.41) is 10.4. The van der Waals surface area contributed by atoms with Crippen LogP contribution in [0.15, 0.2) is 24.3 Å². The summed E-state index contributed by atoms with van der Waals surface area (Å²) < 4.78 is 13.0. The van der Waals surface area contributed by atoms with E-state index < -0.39 is 5.60 Å². The van der Waals surface area contributed by atoms with Crippen molar-refractivity contribution in [1.29, 1.82) is 0 Å². The highest BCUT2D eigenvalue weighted by Crippen LogP contribution is 2.43. The number of benzene rings is 1. The van der Waals surface area contributed by atoms with Gasteiger partial charge < -0.3 is 5.11 Å². The predicted octanol–water partition coefficient (Wildman–Crippen LogP) is 2.83. The summed E-state index contributed by atoms with van der Waals surface area (Å²) in [6.07, 6.45) is 2.79. The molecule has 1 saturated carbocycles. The lowest BCUT2D eigenvalue weighted by molar-refractivity contribution is 0.00422. The Morgan fingerprint density at radius 3 is 2.86 bits per heavy atom. The average Bonchev–Trinajstić information content (AvgIpc) is 2.49. The first-order chi connectivity index (χ1) is 6.63. The zero-order chi connectivity index (χ0) is 10.2. The first-order valence-corrected chi connectivity index (χ1v) is 5.11. The monoisotopic (exact) mass is 194 g/mol. The van der Waals surface area contributed by atoms with Crippen LogP contribution in [0.2, 0.25) is 0 Å². The molecule has 14 heavy (non-hydrogen) atoms. The van der Waals surface area contributed by atoms with Crippen molar-refractivity contribution in [1.82, 2.24) is 0 Å². The molecule has 2 atom stereocenters. The van der Waals surface area contributed by atoms with E-state index in [2.05, 4.69) is 0 Å². The maximum Gasteiger partial charge on any atom is 0.123 e. The van der Waals surface area contributed by atoms with Crippen molar-refractivity contribution in [2.24, 2.45) is 5.92 Å². The molecule has 0 aromatic heterocycles. The highest BCUT2D eigenvalue weighted by atomic mass is 19.1. The third-order valence-electron chi connectivity index (χ3n) is 3.33. The lowest BCUT2D eigenvalue weighted by Gasteiger charge is -2.28. The lowest BCUT2D eigenvalue weighted by atomic mass is 9.85. The molecule has 1 aromatic carbocycles. The molecular weight excluding hydrogens is 179 g/mol. The summed E-state index contributed by atoms with van der Waals surface area (Å²) >= 11 is 0. The molecule has 0 aliphatic heterocycles. The molecule has 0 spiro atoms. The highest BCUT2D eigenvalue weighted by Gasteiger charge is 2.39. The minimum atomic E-state index is -0.803. The Balaban J connectivity index is 2.38. The molecule has 1 fully saturated rings. The molecule has 1 aliphatic rings. The van der Waals surface area contributed by atoms with Crippen molar-refractivity contribution in [3.05, 3.63) is 35.6 Å². The molecule has 1 N–H and O–H groups in total. The second-order valence-corrected chi connectivity index (χ2v) is 4.23. The Morgan fingerprint density at radius 1 is 1.50 bits per heavy atom. The van der Waals surface area contributed by atoms with E-state index in [0.29, 0.717) is 0 Å². The van der Waals surface area contributed by atoms with Crippen molar-refractivity contribution in [2.45, 2.75) is 31.8 Å².